The molecule has 2 aromatic rings. The number of hydrogen-bond acceptors (Lipinski definition) is 4. The summed E-state index contributed by atoms with van der Waals surface area (Å²) in [6.45, 7) is 0. The minimum absolute atomic E-state index is 0.0256. The van der Waals surface area contributed by atoms with Gasteiger partial charge in [0.1, 0.15) is 11.5 Å². The quantitative estimate of drug-likeness (QED) is 0.912. The summed E-state index contributed by atoms with van der Waals surface area (Å²) in [6.07, 6.45) is 4.89. The van der Waals surface area contributed by atoms with Gasteiger partial charge in [0.05, 0.1) is 5.01 Å². The molecule has 2 aliphatic rings. The van der Waals surface area contributed by atoms with Crippen molar-refractivity contribution in [3.8, 4) is 0 Å². The van der Waals surface area contributed by atoms with Crippen molar-refractivity contribution in [1.29, 1.82) is 0 Å². The van der Waals surface area contributed by atoms with E-state index in [0.29, 0.717) is 29.8 Å². The van der Waals surface area contributed by atoms with Gasteiger partial charge in [0.15, 0.2) is 0 Å². The molecule has 1 N–H and O–H groups in total. The summed E-state index contributed by atoms with van der Waals surface area (Å²) in [5.41, 5.74) is 1.09. The second-order valence-corrected chi connectivity index (χ2v) is 8.02. The second kappa shape index (κ2) is 6.84. The highest BCUT2D eigenvalue weighted by molar-refractivity contribution is 7.09. The van der Waals surface area contributed by atoms with Gasteiger partial charge >= 0.3 is 0 Å². The van der Waals surface area contributed by atoms with E-state index < -0.39 is 0 Å². The molecule has 6 heteroatoms. The number of piperidine rings is 1. The molecule has 25 heavy (non-hydrogen) atoms. The van der Waals surface area contributed by atoms with Crippen molar-refractivity contribution in [2.45, 2.75) is 50.2 Å². The molecule has 0 radical (unpaired) electrons. The zero-order chi connectivity index (χ0) is 17.4. The van der Waals surface area contributed by atoms with E-state index in [-0.39, 0.29) is 17.8 Å². The molecule has 4 nitrogen and oxygen atoms in total. The minimum Gasteiger partial charge on any atom is -0.337 e. The highest BCUT2D eigenvalue weighted by Gasteiger charge is 2.36. The van der Waals surface area contributed by atoms with Gasteiger partial charge in [-0.2, -0.15) is 0 Å². The van der Waals surface area contributed by atoms with Crippen LogP contribution in [0.25, 0.3) is 0 Å². The van der Waals surface area contributed by atoms with Crippen LogP contribution < -0.4 is 5.32 Å². The van der Waals surface area contributed by atoms with Gasteiger partial charge in [-0.25, -0.2) is 9.37 Å². The average Bonchev–Trinajstić information content (AvgIpc) is 3.22. The summed E-state index contributed by atoms with van der Waals surface area (Å²) in [5, 5.41) is 6.17. The summed E-state index contributed by atoms with van der Waals surface area (Å²) in [6, 6.07) is 8.08. The van der Waals surface area contributed by atoms with Crippen LogP contribution in [0.15, 0.2) is 29.6 Å². The van der Waals surface area contributed by atoms with Crippen LogP contribution in [0.4, 0.5) is 4.39 Å². The fraction of sp³-hybridized carbons (Fsp3) is 0.474. The lowest BCUT2D eigenvalue weighted by molar-refractivity contribution is 0.0676. The van der Waals surface area contributed by atoms with Gasteiger partial charge in [-0.1, -0.05) is 18.2 Å². The molecule has 1 aromatic heterocycles. The molecule has 2 aliphatic heterocycles. The van der Waals surface area contributed by atoms with Crippen molar-refractivity contribution in [3.63, 3.8) is 0 Å². The van der Waals surface area contributed by atoms with Crippen molar-refractivity contribution in [1.82, 2.24) is 15.2 Å². The molecule has 4 rings (SSSR count). The first kappa shape index (κ1) is 16.7. The number of rotatable bonds is 4. The van der Waals surface area contributed by atoms with Gasteiger partial charge in [0.2, 0.25) is 0 Å². The maximum absolute atomic E-state index is 13.8. The number of carbonyl (C=O) groups excluding carboxylic acids is 1. The number of nitrogens with zero attached hydrogens (tertiary/aromatic N) is 2. The highest BCUT2D eigenvalue weighted by Crippen LogP contribution is 2.30. The lowest BCUT2D eigenvalue weighted by Crippen LogP contribution is -2.48. The number of thiazole rings is 1. The lowest BCUT2D eigenvalue weighted by atomic mass is 9.98. The molecule has 0 aliphatic carbocycles. The van der Waals surface area contributed by atoms with E-state index in [2.05, 4.69) is 10.3 Å². The molecule has 1 aromatic carbocycles. The molecule has 3 heterocycles. The largest absolute Gasteiger partial charge is 0.337 e. The number of fused-ring (bicyclic) bond motifs is 2. The third-order valence-electron chi connectivity index (χ3n) is 5.39. The molecule has 132 valence electrons. The number of benzene rings is 1. The first-order valence-electron chi connectivity index (χ1n) is 8.81. The Balaban J connectivity index is 1.44. The zero-order valence-electron chi connectivity index (χ0n) is 14.2. The van der Waals surface area contributed by atoms with E-state index in [9.17, 15) is 9.18 Å². The number of nitrogens with one attached hydrogen (secondary N) is 1. The Morgan fingerprint density at radius 2 is 2.04 bits per heavy atom. The van der Waals surface area contributed by atoms with E-state index in [1.54, 1.807) is 17.5 Å². The predicted octanol–water partition coefficient (Wildman–Crippen LogP) is 3.23. The molecule has 2 atom stereocenters. The third kappa shape index (κ3) is 3.46. The van der Waals surface area contributed by atoms with Crippen LogP contribution in [0.3, 0.4) is 0 Å². The van der Waals surface area contributed by atoms with Crippen LogP contribution in [0, 0.1) is 5.82 Å². The lowest BCUT2D eigenvalue weighted by Gasteiger charge is -2.35. The van der Waals surface area contributed by atoms with Crippen LogP contribution >= 0.6 is 11.3 Å². The van der Waals surface area contributed by atoms with Gasteiger partial charge in [-0.15, -0.1) is 11.3 Å². The normalized spacial score (nSPS) is 25.1. The first-order valence-corrected chi connectivity index (χ1v) is 9.69. The molecular weight excluding hydrogens is 337 g/mol. The number of aromatic nitrogens is 1. The molecule has 0 spiro atoms. The topological polar surface area (TPSA) is 45.2 Å². The van der Waals surface area contributed by atoms with Crippen molar-refractivity contribution >= 4 is 17.2 Å². The minimum atomic E-state index is -0.229. The maximum Gasteiger partial charge on any atom is 0.273 e. The molecule has 2 fully saturated rings. The summed E-state index contributed by atoms with van der Waals surface area (Å²) >= 11 is 1.42. The second-order valence-electron chi connectivity index (χ2n) is 7.07. The predicted molar refractivity (Wildman–Crippen MR) is 96.4 cm³/mol. The maximum atomic E-state index is 13.8. The van der Waals surface area contributed by atoms with Gasteiger partial charge < -0.3 is 10.2 Å². The van der Waals surface area contributed by atoms with E-state index in [0.717, 1.165) is 17.8 Å². The van der Waals surface area contributed by atoms with Crippen LogP contribution in [0.2, 0.25) is 0 Å². The van der Waals surface area contributed by atoms with Crippen LogP contribution in [-0.2, 0) is 6.42 Å². The van der Waals surface area contributed by atoms with Crippen molar-refractivity contribution in [3.05, 3.63) is 51.7 Å². The fourth-order valence-corrected chi connectivity index (χ4v) is 4.78. The van der Waals surface area contributed by atoms with Crippen molar-refractivity contribution < 1.29 is 9.18 Å². The van der Waals surface area contributed by atoms with Crippen molar-refractivity contribution in [2.24, 2.45) is 0 Å². The van der Waals surface area contributed by atoms with Gasteiger partial charge in [-0.3, -0.25) is 4.79 Å². The molecule has 0 saturated carbocycles. The first-order chi connectivity index (χ1) is 12.1. The zero-order valence-corrected chi connectivity index (χ0v) is 15.1. The Hall–Kier alpha value is -1.79. The van der Waals surface area contributed by atoms with Gasteiger partial charge in [0.25, 0.3) is 5.91 Å². The SMILES string of the molecule is CN(C(=O)c1csc(Cc2ccccc2F)n1)C1CC2CCC(C1)N2. The molecular formula is C19H22FN3OS. The highest BCUT2D eigenvalue weighted by atomic mass is 32.1. The van der Waals surface area contributed by atoms with E-state index >= 15 is 0 Å². The Morgan fingerprint density at radius 1 is 1.32 bits per heavy atom. The summed E-state index contributed by atoms with van der Waals surface area (Å²) < 4.78 is 13.8. The van der Waals surface area contributed by atoms with Crippen LogP contribution in [-0.4, -0.2) is 41.0 Å². The van der Waals surface area contributed by atoms with Crippen molar-refractivity contribution in [2.75, 3.05) is 7.05 Å². The van der Waals surface area contributed by atoms with E-state index in [1.165, 1.54) is 30.2 Å². The standard InChI is InChI=1S/C19H22FN3OS/c1-23(15-9-13-6-7-14(10-15)21-13)19(24)17-11-25-18(22-17)8-12-4-2-3-5-16(12)20/h2-5,11,13-15,21H,6-10H2,1H3. The molecule has 2 saturated heterocycles. The Labute approximate surface area is 151 Å². The smallest absolute Gasteiger partial charge is 0.273 e. The van der Waals surface area contributed by atoms with Crippen LogP contribution in [0.1, 0.15) is 46.7 Å². The Kier molecular flexibility index (Phi) is 4.56. The van der Waals surface area contributed by atoms with Gasteiger partial charge in [0, 0.05) is 37.0 Å². The monoisotopic (exact) mass is 359 g/mol. The van der Waals surface area contributed by atoms with Crippen LogP contribution in [0.5, 0.6) is 0 Å². The summed E-state index contributed by atoms with van der Waals surface area (Å²) in [7, 11) is 1.88. The fourth-order valence-electron chi connectivity index (χ4n) is 3.98. The van der Waals surface area contributed by atoms with Gasteiger partial charge in [-0.05, 0) is 37.3 Å². The number of amides is 1. The average molecular weight is 359 g/mol. The van der Waals surface area contributed by atoms with E-state index in [1.807, 2.05) is 18.0 Å². The van der Waals surface area contributed by atoms with E-state index in [4.69, 9.17) is 0 Å². The number of carbonyl (C=O) groups is 1. The third-order valence-corrected chi connectivity index (χ3v) is 6.24. The number of halogens is 1. The molecule has 1 amide bonds. The Morgan fingerprint density at radius 3 is 2.76 bits per heavy atom. The summed E-state index contributed by atoms with van der Waals surface area (Å²) in [4.78, 5) is 19.1. The molecule has 2 unspecified atom stereocenters. The summed E-state index contributed by atoms with van der Waals surface area (Å²) in [5.74, 6) is -0.254. The number of hydrogen-bond donors (Lipinski definition) is 1. The Bertz CT molecular complexity index is 766. The molecule has 2 bridgehead atoms.